The zero-order valence-electron chi connectivity index (χ0n) is 15.0. The summed E-state index contributed by atoms with van der Waals surface area (Å²) in [6.07, 6.45) is 4.79. The molecule has 0 aliphatic carbocycles. The minimum atomic E-state index is 0.0674. The average Bonchev–Trinajstić information content (AvgIpc) is 3.14. The highest BCUT2D eigenvalue weighted by Gasteiger charge is 2.25. The van der Waals surface area contributed by atoms with E-state index in [-0.39, 0.29) is 6.03 Å². The summed E-state index contributed by atoms with van der Waals surface area (Å²) in [6, 6.07) is 9.00. The van der Waals surface area contributed by atoms with E-state index in [4.69, 9.17) is 0 Å². The van der Waals surface area contributed by atoms with Crippen LogP contribution < -0.4 is 10.2 Å². The summed E-state index contributed by atoms with van der Waals surface area (Å²) in [7, 11) is 4.19. The number of hydrogen-bond donors (Lipinski definition) is 1. The van der Waals surface area contributed by atoms with E-state index in [2.05, 4.69) is 53.5 Å². The number of urea groups is 1. The lowest BCUT2D eigenvalue weighted by Gasteiger charge is -2.36. The second-order valence-corrected chi connectivity index (χ2v) is 7.19. The van der Waals surface area contributed by atoms with Gasteiger partial charge in [-0.1, -0.05) is 18.2 Å². The molecule has 0 aromatic heterocycles. The monoisotopic (exact) mass is 330 g/mol. The molecule has 2 aliphatic rings. The van der Waals surface area contributed by atoms with Crippen LogP contribution in [0.1, 0.15) is 31.2 Å². The van der Waals surface area contributed by atoms with Crippen LogP contribution in [0.2, 0.25) is 0 Å². The number of amides is 2. The van der Waals surface area contributed by atoms with Crippen LogP contribution in [0.15, 0.2) is 24.3 Å². The van der Waals surface area contributed by atoms with Gasteiger partial charge in [0.15, 0.2) is 0 Å². The number of nitrogens with zero attached hydrogens (tertiary/aromatic N) is 3. The lowest BCUT2D eigenvalue weighted by molar-refractivity contribution is 0.140. The van der Waals surface area contributed by atoms with Crippen molar-refractivity contribution in [2.45, 2.75) is 38.3 Å². The van der Waals surface area contributed by atoms with Crippen molar-refractivity contribution in [3.8, 4) is 0 Å². The largest absolute Gasteiger partial charge is 0.371 e. The lowest BCUT2D eigenvalue weighted by atomic mass is 10.1. The normalized spacial score (nSPS) is 21.4. The molecule has 3 rings (SSSR count). The van der Waals surface area contributed by atoms with Crippen LogP contribution in [0.5, 0.6) is 0 Å². The van der Waals surface area contributed by atoms with Gasteiger partial charge in [-0.05, 0) is 51.4 Å². The maximum atomic E-state index is 12.6. The number of benzene rings is 1. The summed E-state index contributed by atoms with van der Waals surface area (Å²) >= 11 is 0. The highest BCUT2D eigenvalue weighted by molar-refractivity contribution is 5.74. The van der Waals surface area contributed by atoms with E-state index in [1.54, 1.807) is 0 Å². The topological polar surface area (TPSA) is 38.8 Å². The maximum Gasteiger partial charge on any atom is 0.317 e. The van der Waals surface area contributed by atoms with Crippen LogP contribution in [0.4, 0.5) is 10.5 Å². The fourth-order valence-corrected chi connectivity index (χ4v) is 3.77. The zero-order chi connectivity index (χ0) is 16.9. The highest BCUT2D eigenvalue weighted by atomic mass is 16.2. The number of anilines is 1. The van der Waals surface area contributed by atoms with Crippen molar-refractivity contribution in [2.75, 3.05) is 45.2 Å². The van der Waals surface area contributed by atoms with Gasteiger partial charge in [-0.3, -0.25) is 0 Å². The van der Waals surface area contributed by atoms with E-state index in [0.717, 1.165) is 32.6 Å². The molecule has 24 heavy (non-hydrogen) atoms. The first-order chi connectivity index (χ1) is 11.6. The molecular weight excluding hydrogens is 300 g/mol. The predicted octanol–water partition coefficient (Wildman–Crippen LogP) is 2.52. The van der Waals surface area contributed by atoms with E-state index in [1.807, 2.05) is 4.90 Å². The Bertz CT molecular complexity index is 554. The van der Waals surface area contributed by atoms with Crippen LogP contribution in [0.3, 0.4) is 0 Å². The third-order valence-electron chi connectivity index (χ3n) is 5.28. The van der Waals surface area contributed by atoms with Crippen LogP contribution in [-0.2, 0) is 6.54 Å². The third-order valence-corrected chi connectivity index (χ3v) is 5.28. The van der Waals surface area contributed by atoms with E-state index in [9.17, 15) is 4.79 Å². The van der Waals surface area contributed by atoms with Gasteiger partial charge in [0, 0.05) is 44.5 Å². The SMILES string of the molecule is CN(C)[C@H]1CCCN(C(=O)NCc2ccccc2N2CCCC2)C1. The van der Waals surface area contributed by atoms with Gasteiger partial charge < -0.3 is 20.0 Å². The first-order valence-corrected chi connectivity index (χ1v) is 9.17. The summed E-state index contributed by atoms with van der Waals surface area (Å²) in [5, 5.41) is 3.13. The lowest BCUT2D eigenvalue weighted by Crippen LogP contribution is -2.50. The molecule has 1 aromatic rings. The second kappa shape index (κ2) is 7.88. The van der Waals surface area contributed by atoms with Crippen LogP contribution in [0.25, 0.3) is 0 Å². The van der Waals surface area contributed by atoms with Crippen molar-refractivity contribution in [2.24, 2.45) is 0 Å². The number of likely N-dealkylation sites (N-methyl/N-ethyl adjacent to an activating group) is 1. The van der Waals surface area contributed by atoms with E-state index in [1.165, 1.54) is 30.5 Å². The Morgan fingerprint density at radius 3 is 2.67 bits per heavy atom. The van der Waals surface area contributed by atoms with Crippen molar-refractivity contribution in [3.63, 3.8) is 0 Å². The molecule has 5 nitrogen and oxygen atoms in total. The molecule has 0 unspecified atom stereocenters. The molecule has 0 spiro atoms. The highest BCUT2D eigenvalue weighted by Crippen LogP contribution is 2.24. The Morgan fingerprint density at radius 1 is 1.17 bits per heavy atom. The van der Waals surface area contributed by atoms with Gasteiger partial charge in [0.2, 0.25) is 0 Å². The first-order valence-electron chi connectivity index (χ1n) is 9.17. The molecule has 2 amide bonds. The van der Waals surface area contributed by atoms with E-state index in [0.29, 0.717) is 12.6 Å². The van der Waals surface area contributed by atoms with Gasteiger partial charge >= 0.3 is 6.03 Å². The number of nitrogens with one attached hydrogen (secondary N) is 1. The van der Waals surface area contributed by atoms with Crippen LogP contribution in [0, 0.1) is 0 Å². The smallest absolute Gasteiger partial charge is 0.317 e. The Kier molecular flexibility index (Phi) is 5.61. The predicted molar refractivity (Wildman–Crippen MR) is 98.4 cm³/mol. The molecule has 0 saturated carbocycles. The Hall–Kier alpha value is -1.75. The Morgan fingerprint density at radius 2 is 1.92 bits per heavy atom. The second-order valence-electron chi connectivity index (χ2n) is 7.19. The van der Waals surface area contributed by atoms with Gasteiger partial charge in [-0.2, -0.15) is 0 Å². The molecule has 0 radical (unpaired) electrons. The van der Waals surface area contributed by atoms with Crippen molar-refractivity contribution in [1.29, 1.82) is 0 Å². The molecule has 1 N–H and O–H groups in total. The molecule has 132 valence electrons. The van der Waals surface area contributed by atoms with Crippen molar-refractivity contribution in [1.82, 2.24) is 15.1 Å². The van der Waals surface area contributed by atoms with Crippen LogP contribution in [-0.4, -0.2) is 62.1 Å². The van der Waals surface area contributed by atoms with Crippen molar-refractivity contribution < 1.29 is 4.79 Å². The molecule has 0 bridgehead atoms. The third kappa shape index (κ3) is 4.01. The van der Waals surface area contributed by atoms with Crippen molar-refractivity contribution >= 4 is 11.7 Å². The molecule has 2 heterocycles. The van der Waals surface area contributed by atoms with Crippen LogP contribution >= 0.6 is 0 Å². The molecular formula is C19H30N4O. The van der Waals surface area contributed by atoms with E-state index >= 15 is 0 Å². The standard InChI is InChI=1S/C19H30N4O/c1-21(2)17-9-7-13-23(15-17)19(24)20-14-16-8-3-4-10-18(16)22-11-5-6-12-22/h3-4,8,10,17H,5-7,9,11-15H2,1-2H3,(H,20,24)/t17-/m0/s1. The average molecular weight is 330 g/mol. The zero-order valence-corrected chi connectivity index (χ0v) is 15.0. The Balaban J connectivity index is 1.58. The molecule has 5 heteroatoms. The molecule has 2 aliphatic heterocycles. The number of piperidine rings is 1. The van der Waals surface area contributed by atoms with Crippen molar-refractivity contribution in [3.05, 3.63) is 29.8 Å². The number of carbonyl (C=O) groups is 1. The summed E-state index contributed by atoms with van der Waals surface area (Å²) in [6.45, 7) is 4.55. The number of carbonyl (C=O) groups excluding carboxylic acids is 1. The number of hydrogen-bond acceptors (Lipinski definition) is 3. The van der Waals surface area contributed by atoms with Gasteiger partial charge in [0.05, 0.1) is 0 Å². The minimum Gasteiger partial charge on any atom is -0.371 e. The number of para-hydroxylation sites is 1. The quantitative estimate of drug-likeness (QED) is 0.922. The summed E-state index contributed by atoms with van der Waals surface area (Å²) < 4.78 is 0. The molecule has 1 atom stereocenters. The van der Waals surface area contributed by atoms with Gasteiger partial charge in [-0.15, -0.1) is 0 Å². The van der Waals surface area contributed by atoms with Gasteiger partial charge in [0.25, 0.3) is 0 Å². The summed E-state index contributed by atoms with van der Waals surface area (Å²) in [5.41, 5.74) is 2.49. The summed E-state index contributed by atoms with van der Waals surface area (Å²) in [4.78, 5) is 19.2. The fourth-order valence-electron chi connectivity index (χ4n) is 3.77. The molecule has 2 fully saturated rings. The Labute approximate surface area is 145 Å². The fraction of sp³-hybridized carbons (Fsp3) is 0.632. The van der Waals surface area contributed by atoms with Gasteiger partial charge in [0.1, 0.15) is 0 Å². The summed E-state index contributed by atoms with van der Waals surface area (Å²) in [5.74, 6) is 0. The first kappa shape index (κ1) is 17.1. The number of rotatable bonds is 4. The molecule has 1 aromatic carbocycles. The van der Waals surface area contributed by atoms with E-state index < -0.39 is 0 Å². The minimum absolute atomic E-state index is 0.0674. The van der Waals surface area contributed by atoms with Gasteiger partial charge in [-0.25, -0.2) is 4.79 Å². The number of likely N-dealkylation sites (tertiary alicyclic amines) is 1. The molecule has 2 saturated heterocycles. The maximum absolute atomic E-state index is 12.6.